The van der Waals surface area contributed by atoms with Crippen molar-refractivity contribution in [3.8, 4) is 0 Å². The third-order valence-electron chi connectivity index (χ3n) is 3.41. The first-order chi connectivity index (χ1) is 9.03. The van der Waals surface area contributed by atoms with Gasteiger partial charge < -0.3 is 20.5 Å². The van der Waals surface area contributed by atoms with E-state index in [4.69, 9.17) is 15.2 Å². The fraction of sp³-hybridized carbons (Fsp3) is 0.929. The lowest BCUT2D eigenvalue weighted by Gasteiger charge is -2.31. The predicted molar refractivity (Wildman–Crippen MR) is 74.9 cm³/mol. The van der Waals surface area contributed by atoms with Gasteiger partial charge in [-0.25, -0.2) is 0 Å². The Balaban J connectivity index is 2.42. The summed E-state index contributed by atoms with van der Waals surface area (Å²) in [4.78, 5) is 11.8. The Kier molecular flexibility index (Phi) is 6.75. The van der Waals surface area contributed by atoms with Crippen LogP contribution in [0.1, 0.15) is 40.0 Å². The summed E-state index contributed by atoms with van der Waals surface area (Å²) < 4.78 is 11.0. The zero-order valence-corrected chi connectivity index (χ0v) is 12.4. The summed E-state index contributed by atoms with van der Waals surface area (Å²) in [6.07, 6.45) is 3.26. The highest BCUT2D eigenvalue weighted by atomic mass is 16.5. The number of ether oxygens (including phenoxy) is 2. The van der Waals surface area contributed by atoms with Crippen LogP contribution in [0.25, 0.3) is 0 Å². The number of rotatable bonds is 11. The van der Waals surface area contributed by atoms with Gasteiger partial charge in [0.2, 0.25) is 5.91 Å². The number of hydrogen-bond donors (Lipinski definition) is 2. The van der Waals surface area contributed by atoms with Crippen LogP contribution >= 0.6 is 0 Å². The number of amides is 1. The quantitative estimate of drug-likeness (QED) is 0.552. The predicted octanol–water partition coefficient (Wildman–Crippen LogP) is 1.06. The van der Waals surface area contributed by atoms with Crippen molar-refractivity contribution in [1.82, 2.24) is 5.32 Å². The van der Waals surface area contributed by atoms with E-state index in [-0.39, 0.29) is 12.0 Å². The van der Waals surface area contributed by atoms with Gasteiger partial charge in [-0.3, -0.25) is 4.79 Å². The van der Waals surface area contributed by atoms with Gasteiger partial charge in [0.1, 0.15) is 5.54 Å². The molecule has 1 aliphatic carbocycles. The third-order valence-corrected chi connectivity index (χ3v) is 3.41. The Bertz CT molecular complexity index is 280. The Hall–Kier alpha value is -0.650. The van der Waals surface area contributed by atoms with Crippen molar-refractivity contribution in [3.63, 3.8) is 0 Å². The lowest BCUT2D eigenvalue weighted by atomic mass is 9.93. The maximum Gasteiger partial charge on any atom is 0.240 e. The summed E-state index contributed by atoms with van der Waals surface area (Å²) >= 11 is 0. The Labute approximate surface area is 116 Å². The van der Waals surface area contributed by atoms with E-state index in [1.165, 1.54) is 0 Å². The molecule has 5 nitrogen and oxygen atoms in total. The summed E-state index contributed by atoms with van der Waals surface area (Å²) in [7, 11) is 0. The van der Waals surface area contributed by atoms with Crippen LogP contribution < -0.4 is 11.1 Å². The Morgan fingerprint density at radius 2 is 2.11 bits per heavy atom. The van der Waals surface area contributed by atoms with E-state index in [0.29, 0.717) is 25.7 Å². The molecule has 0 aliphatic heterocycles. The maximum absolute atomic E-state index is 11.8. The number of nitrogens with one attached hydrogen (secondary N) is 1. The van der Waals surface area contributed by atoms with Crippen LogP contribution in [-0.4, -0.2) is 43.9 Å². The van der Waals surface area contributed by atoms with Crippen LogP contribution in [0, 0.1) is 5.92 Å². The van der Waals surface area contributed by atoms with Crippen molar-refractivity contribution in [2.45, 2.75) is 51.7 Å². The highest BCUT2D eigenvalue weighted by Gasteiger charge is 2.49. The summed E-state index contributed by atoms with van der Waals surface area (Å²) in [5, 5.41) is 3.30. The van der Waals surface area contributed by atoms with Crippen molar-refractivity contribution in [1.29, 1.82) is 0 Å². The summed E-state index contributed by atoms with van der Waals surface area (Å²) in [6.45, 7) is 8.21. The van der Waals surface area contributed by atoms with Gasteiger partial charge in [-0.05, 0) is 45.6 Å². The van der Waals surface area contributed by atoms with Gasteiger partial charge >= 0.3 is 0 Å². The second kappa shape index (κ2) is 7.82. The second-order valence-electron chi connectivity index (χ2n) is 5.51. The van der Waals surface area contributed by atoms with Crippen LogP contribution in [0.2, 0.25) is 0 Å². The highest BCUT2D eigenvalue weighted by molar-refractivity contribution is 5.85. The molecule has 1 atom stereocenters. The van der Waals surface area contributed by atoms with Crippen molar-refractivity contribution in [2.75, 3.05) is 26.4 Å². The molecule has 1 amide bonds. The van der Waals surface area contributed by atoms with Gasteiger partial charge in [-0.2, -0.15) is 0 Å². The molecule has 1 fully saturated rings. The first kappa shape index (κ1) is 16.4. The molecule has 0 aromatic heterocycles. The van der Waals surface area contributed by atoms with E-state index in [9.17, 15) is 4.79 Å². The molecule has 0 radical (unpaired) electrons. The van der Waals surface area contributed by atoms with Crippen molar-refractivity contribution in [3.05, 3.63) is 0 Å². The topological polar surface area (TPSA) is 73.6 Å². The normalized spacial score (nSPS) is 18.5. The molecule has 0 spiro atoms. The lowest BCUT2D eigenvalue weighted by molar-refractivity contribution is -0.128. The van der Waals surface area contributed by atoms with E-state index >= 15 is 0 Å². The molecule has 3 N–H and O–H groups in total. The highest BCUT2D eigenvalue weighted by Crippen LogP contribution is 2.39. The first-order valence-electron chi connectivity index (χ1n) is 7.27. The molecule has 0 aromatic rings. The minimum Gasteiger partial charge on any atom is -0.377 e. The zero-order valence-electron chi connectivity index (χ0n) is 12.4. The van der Waals surface area contributed by atoms with Crippen molar-refractivity contribution in [2.24, 2.45) is 11.7 Å². The molecule has 1 saturated carbocycles. The van der Waals surface area contributed by atoms with Gasteiger partial charge in [-0.15, -0.1) is 0 Å². The van der Waals surface area contributed by atoms with Gasteiger partial charge in [0.25, 0.3) is 0 Å². The molecular weight excluding hydrogens is 244 g/mol. The molecule has 0 bridgehead atoms. The summed E-state index contributed by atoms with van der Waals surface area (Å²) in [6, 6.07) is 0. The summed E-state index contributed by atoms with van der Waals surface area (Å²) in [5.74, 6) is 0.0239. The Morgan fingerprint density at radius 3 is 2.58 bits per heavy atom. The average molecular weight is 272 g/mol. The smallest absolute Gasteiger partial charge is 0.240 e. The number of hydrogen-bond acceptors (Lipinski definition) is 4. The summed E-state index contributed by atoms with van der Waals surface area (Å²) in [5.41, 5.74) is 4.92. The second-order valence-corrected chi connectivity index (χ2v) is 5.51. The molecule has 112 valence electrons. The third kappa shape index (κ3) is 5.09. The standard InChI is InChI=1S/C14H28N2O3/c1-4-7-16-14(13(15)17,12-5-6-12)10-18-8-9-19-11(2)3/h11-12,16H,4-10H2,1-3H3,(H2,15,17). The fourth-order valence-electron chi connectivity index (χ4n) is 2.17. The van der Waals surface area contributed by atoms with Crippen LogP contribution in [-0.2, 0) is 14.3 Å². The molecule has 1 aliphatic rings. The SMILES string of the molecule is CCCNC(COCCOC(C)C)(C(N)=O)C1CC1. The van der Waals surface area contributed by atoms with Crippen molar-refractivity contribution >= 4 is 5.91 Å². The molecule has 0 aromatic carbocycles. The molecule has 1 unspecified atom stereocenters. The molecule has 0 saturated heterocycles. The van der Waals surface area contributed by atoms with Crippen LogP contribution in [0.5, 0.6) is 0 Å². The monoisotopic (exact) mass is 272 g/mol. The molecular formula is C14H28N2O3. The molecule has 1 rings (SSSR count). The fourth-order valence-corrected chi connectivity index (χ4v) is 2.17. The average Bonchev–Trinajstić information content (AvgIpc) is 3.16. The van der Waals surface area contributed by atoms with E-state index in [1.54, 1.807) is 0 Å². The van der Waals surface area contributed by atoms with Crippen LogP contribution in [0.3, 0.4) is 0 Å². The largest absolute Gasteiger partial charge is 0.377 e. The molecule has 19 heavy (non-hydrogen) atoms. The minimum atomic E-state index is -0.687. The van der Waals surface area contributed by atoms with E-state index in [1.807, 2.05) is 13.8 Å². The molecule has 5 heteroatoms. The minimum absolute atomic E-state index is 0.200. The molecule has 0 heterocycles. The van der Waals surface area contributed by atoms with Gasteiger partial charge in [-0.1, -0.05) is 6.92 Å². The first-order valence-corrected chi connectivity index (χ1v) is 7.27. The van der Waals surface area contributed by atoms with Crippen LogP contribution in [0.15, 0.2) is 0 Å². The lowest BCUT2D eigenvalue weighted by Crippen LogP contribution is -2.60. The number of carbonyl (C=O) groups excluding carboxylic acids is 1. The number of nitrogens with two attached hydrogens (primary N) is 1. The maximum atomic E-state index is 11.8. The van der Waals surface area contributed by atoms with Gasteiger partial charge in [0, 0.05) is 0 Å². The van der Waals surface area contributed by atoms with Gasteiger partial charge in [0.15, 0.2) is 0 Å². The van der Waals surface area contributed by atoms with E-state index < -0.39 is 5.54 Å². The van der Waals surface area contributed by atoms with Gasteiger partial charge in [0.05, 0.1) is 25.9 Å². The number of carbonyl (C=O) groups is 1. The zero-order chi connectivity index (χ0) is 14.3. The van der Waals surface area contributed by atoms with E-state index in [0.717, 1.165) is 25.8 Å². The van der Waals surface area contributed by atoms with Crippen molar-refractivity contribution < 1.29 is 14.3 Å². The Morgan fingerprint density at radius 1 is 1.42 bits per heavy atom. The number of primary amides is 1. The van der Waals surface area contributed by atoms with Crippen LogP contribution in [0.4, 0.5) is 0 Å². The van der Waals surface area contributed by atoms with E-state index in [2.05, 4.69) is 12.2 Å².